The molecule has 1 amide bonds. The minimum atomic E-state index is -3.74. The maximum Gasteiger partial charge on any atom is 0.337 e. The molecule has 8 heteroatoms. The van der Waals surface area contributed by atoms with Gasteiger partial charge in [-0.1, -0.05) is 17.7 Å². The highest BCUT2D eigenvalue weighted by Gasteiger charge is 2.30. The topological polar surface area (TPSA) is 84.0 Å². The van der Waals surface area contributed by atoms with Gasteiger partial charge in [-0.2, -0.15) is 4.31 Å². The van der Waals surface area contributed by atoms with Crippen molar-refractivity contribution in [1.82, 2.24) is 9.21 Å². The normalized spacial score (nSPS) is 15.5. The first-order valence-corrected chi connectivity index (χ1v) is 11.2. The van der Waals surface area contributed by atoms with Crippen LogP contribution < -0.4 is 0 Å². The van der Waals surface area contributed by atoms with Gasteiger partial charge in [0.05, 0.1) is 17.6 Å². The number of rotatable bonds is 4. The van der Waals surface area contributed by atoms with Crippen molar-refractivity contribution < 1.29 is 22.7 Å². The van der Waals surface area contributed by atoms with Crippen LogP contribution in [0.25, 0.3) is 0 Å². The fraction of sp³-hybridized carbons (Fsp3) is 0.364. The molecule has 30 heavy (non-hydrogen) atoms. The van der Waals surface area contributed by atoms with E-state index in [-0.39, 0.29) is 17.3 Å². The third-order valence-corrected chi connectivity index (χ3v) is 7.28. The monoisotopic (exact) mass is 430 g/mol. The van der Waals surface area contributed by atoms with Crippen LogP contribution >= 0.6 is 0 Å². The smallest absolute Gasteiger partial charge is 0.337 e. The van der Waals surface area contributed by atoms with Crippen molar-refractivity contribution in [3.8, 4) is 0 Å². The molecule has 1 aliphatic rings. The zero-order valence-electron chi connectivity index (χ0n) is 17.4. The highest BCUT2D eigenvalue weighted by molar-refractivity contribution is 7.89. The molecule has 0 unspecified atom stereocenters. The van der Waals surface area contributed by atoms with Crippen LogP contribution in [0.1, 0.15) is 38.3 Å². The number of carbonyl (C=O) groups excluding carboxylic acids is 2. The van der Waals surface area contributed by atoms with Gasteiger partial charge in [0.15, 0.2) is 0 Å². The first kappa shape index (κ1) is 22.0. The number of ether oxygens (including phenoxy) is 1. The molecule has 0 N–H and O–H groups in total. The van der Waals surface area contributed by atoms with Crippen molar-refractivity contribution in [1.29, 1.82) is 0 Å². The van der Waals surface area contributed by atoms with Crippen molar-refractivity contribution in [2.75, 3.05) is 33.3 Å². The summed E-state index contributed by atoms with van der Waals surface area (Å²) in [5, 5.41) is 0. The standard InChI is InChI=1S/C22H26N2O5S/c1-16-6-4-7-18(14-16)21(25)23-10-5-11-24(13-12-23)30(27,28)20-9-8-19(15-17(20)2)22(26)29-3/h4,6-9,14-15H,5,10-13H2,1-3H3. The van der Waals surface area contributed by atoms with E-state index in [0.717, 1.165) is 5.56 Å². The number of aryl methyl sites for hydroxylation is 2. The van der Waals surface area contributed by atoms with Crippen LogP contribution in [0.5, 0.6) is 0 Å². The van der Waals surface area contributed by atoms with Crippen LogP contribution in [-0.2, 0) is 14.8 Å². The summed E-state index contributed by atoms with van der Waals surface area (Å²) in [5.41, 5.74) is 2.40. The fourth-order valence-electron chi connectivity index (χ4n) is 3.62. The van der Waals surface area contributed by atoms with Gasteiger partial charge in [0.2, 0.25) is 10.0 Å². The molecule has 0 aliphatic carbocycles. The lowest BCUT2D eigenvalue weighted by atomic mass is 10.1. The summed E-state index contributed by atoms with van der Waals surface area (Å²) in [6, 6.07) is 11.8. The summed E-state index contributed by atoms with van der Waals surface area (Å²) >= 11 is 0. The summed E-state index contributed by atoms with van der Waals surface area (Å²) in [7, 11) is -2.46. The molecule has 0 spiro atoms. The van der Waals surface area contributed by atoms with Crippen molar-refractivity contribution in [3.05, 3.63) is 64.7 Å². The van der Waals surface area contributed by atoms with Crippen molar-refractivity contribution in [3.63, 3.8) is 0 Å². The molecule has 1 saturated heterocycles. The van der Waals surface area contributed by atoms with Crippen LogP contribution in [0.4, 0.5) is 0 Å². The van der Waals surface area contributed by atoms with E-state index in [1.54, 1.807) is 17.9 Å². The Bertz CT molecular complexity index is 1060. The predicted molar refractivity (Wildman–Crippen MR) is 113 cm³/mol. The minimum absolute atomic E-state index is 0.0865. The van der Waals surface area contributed by atoms with E-state index in [1.807, 2.05) is 25.1 Å². The number of amides is 1. The highest BCUT2D eigenvalue weighted by atomic mass is 32.2. The average molecular weight is 431 g/mol. The number of methoxy groups -OCH3 is 1. The molecule has 1 aliphatic heterocycles. The molecule has 7 nitrogen and oxygen atoms in total. The summed E-state index contributed by atoms with van der Waals surface area (Å²) in [4.78, 5) is 26.4. The number of benzene rings is 2. The minimum Gasteiger partial charge on any atom is -0.465 e. The van der Waals surface area contributed by atoms with Crippen LogP contribution in [0.2, 0.25) is 0 Å². The molecule has 1 heterocycles. The first-order chi connectivity index (χ1) is 14.2. The Hall–Kier alpha value is -2.71. The number of carbonyl (C=O) groups is 2. The molecule has 0 radical (unpaired) electrons. The van der Waals surface area contributed by atoms with E-state index < -0.39 is 16.0 Å². The Labute approximate surface area is 177 Å². The van der Waals surface area contributed by atoms with E-state index in [0.29, 0.717) is 42.7 Å². The third-order valence-electron chi connectivity index (χ3n) is 5.22. The Morgan fingerprint density at radius 1 is 0.933 bits per heavy atom. The Morgan fingerprint density at radius 3 is 2.37 bits per heavy atom. The molecule has 0 atom stereocenters. The summed E-state index contributed by atoms with van der Waals surface area (Å²) in [6.07, 6.45) is 0.552. The van der Waals surface area contributed by atoms with E-state index in [2.05, 4.69) is 0 Å². The number of sulfonamides is 1. The molecule has 160 valence electrons. The molecule has 0 aromatic heterocycles. The number of esters is 1. The van der Waals surface area contributed by atoms with Crippen LogP contribution in [0.3, 0.4) is 0 Å². The van der Waals surface area contributed by atoms with Crippen molar-refractivity contribution in [2.45, 2.75) is 25.2 Å². The Kier molecular flexibility index (Phi) is 6.58. The predicted octanol–water partition coefficient (Wildman–Crippen LogP) is 2.63. The molecular weight excluding hydrogens is 404 g/mol. The van der Waals surface area contributed by atoms with Gasteiger partial charge in [-0.15, -0.1) is 0 Å². The Morgan fingerprint density at radius 2 is 1.70 bits per heavy atom. The van der Waals surface area contributed by atoms with Crippen LogP contribution in [0, 0.1) is 13.8 Å². The molecule has 2 aromatic carbocycles. The molecule has 0 bridgehead atoms. The lowest BCUT2D eigenvalue weighted by molar-refractivity contribution is 0.0600. The summed E-state index contributed by atoms with van der Waals surface area (Å²) < 4.78 is 32.5. The highest BCUT2D eigenvalue weighted by Crippen LogP contribution is 2.23. The van der Waals surface area contributed by atoms with Gasteiger partial charge in [-0.3, -0.25) is 4.79 Å². The molecule has 1 fully saturated rings. The van der Waals surface area contributed by atoms with Gasteiger partial charge < -0.3 is 9.64 Å². The molecular formula is C22H26N2O5S. The summed E-state index contributed by atoms with van der Waals surface area (Å²) in [5.74, 6) is -0.598. The second-order valence-electron chi connectivity index (χ2n) is 7.39. The second kappa shape index (κ2) is 8.97. The van der Waals surface area contributed by atoms with E-state index in [9.17, 15) is 18.0 Å². The molecule has 0 saturated carbocycles. The number of hydrogen-bond donors (Lipinski definition) is 0. The quantitative estimate of drug-likeness (QED) is 0.697. The van der Waals surface area contributed by atoms with Gasteiger partial charge in [-0.25, -0.2) is 13.2 Å². The first-order valence-electron chi connectivity index (χ1n) is 9.79. The van der Waals surface area contributed by atoms with Crippen LogP contribution in [-0.4, -0.2) is 62.8 Å². The maximum absolute atomic E-state index is 13.2. The molecule has 3 rings (SSSR count). The Balaban J connectivity index is 1.77. The average Bonchev–Trinajstić information content (AvgIpc) is 2.99. The fourth-order valence-corrected chi connectivity index (χ4v) is 5.30. The largest absolute Gasteiger partial charge is 0.465 e. The SMILES string of the molecule is COC(=O)c1ccc(S(=O)(=O)N2CCCN(C(=O)c3cccc(C)c3)CC2)c(C)c1. The van der Waals surface area contributed by atoms with Gasteiger partial charge in [0.25, 0.3) is 5.91 Å². The lowest BCUT2D eigenvalue weighted by Gasteiger charge is -2.23. The lowest BCUT2D eigenvalue weighted by Crippen LogP contribution is -2.37. The van der Waals surface area contributed by atoms with Crippen molar-refractivity contribution >= 4 is 21.9 Å². The third kappa shape index (κ3) is 4.55. The van der Waals surface area contributed by atoms with Crippen molar-refractivity contribution in [2.24, 2.45) is 0 Å². The van der Waals surface area contributed by atoms with Gasteiger partial charge >= 0.3 is 5.97 Å². The van der Waals surface area contributed by atoms with E-state index in [4.69, 9.17) is 4.74 Å². The summed E-state index contributed by atoms with van der Waals surface area (Å²) in [6.45, 7) is 4.96. The zero-order valence-corrected chi connectivity index (χ0v) is 18.2. The van der Waals surface area contributed by atoms with E-state index >= 15 is 0 Å². The number of hydrogen-bond acceptors (Lipinski definition) is 5. The second-order valence-corrected chi connectivity index (χ2v) is 9.30. The van der Waals surface area contributed by atoms with Crippen LogP contribution in [0.15, 0.2) is 47.4 Å². The van der Waals surface area contributed by atoms with E-state index in [1.165, 1.54) is 29.6 Å². The zero-order chi connectivity index (χ0) is 21.9. The number of nitrogens with zero attached hydrogens (tertiary/aromatic N) is 2. The molecule has 2 aromatic rings. The van der Waals surface area contributed by atoms with Gasteiger partial charge in [0.1, 0.15) is 0 Å². The van der Waals surface area contributed by atoms with Gasteiger partial charge in [0, 0.05) is 31.7 Å². The van der Waals surface area contributed by atoms with Gasteiger partial charge in [-0.05, 0) is 56.2 Å². The maximum atomic E-state index is 13.2.